The molecule has 2 aliphatic heterocycles. The van der Waals surface area contributed by atoms with Gasteiger partial charge in [0.25, 0.3) is 0 Å². The van der Waals surface area contributed by atoms with Crippen LogP contribution in [0.5, 0.6) is 0 Å². The van der Waals surface area contributed by atoms with E-state index in [0.717, 1.165) is 11.1 Å². The fraction of sp³-hybridized carbons (Fsp3) is 0.346. The lowest BCUT2D eigenvalue weighted by Crippen LogP contribution is -2.53. The maximum absolute atomic E-state index is 6.75. The van der Waals surface area contributed by atoms with Crippen LogP contribution in [-0.4, -0.2) is 50.5 Å². The first-order valence-electron chi connectivity index (χ1n) is 11.9. The zero-order valence-corrected chi connectivity index (χ0v) is 20.3. The van der Waals surface area contributed by atoms with Gasteiger partial charge in [0.15, 0.2) is 17.7 Å². The van der Waals surface area contributed by atoms with Gasteiger partial charge in [-0.3, -0.25) is 4.57 Å². The van der Waals surface area contributed by atoms with E-state index in [2.05, 4.69) is 15.0 Å². The number of halogens is 1. The Kier molecular flexibility index (Phi) is 6.32. The van der Waals surface area contributed by atoms with Crippen LogP contribution >= 0.6 is 11.6 Å². The number of imidazole rings is 1. The van der Waals surface area contributed by atoms with Gasteiger partial charge in [-0.1, -0.05) is 60.7 Å². The van der Waals surface area contributed by atoms with Crippen LogP contribution in [0.25, 0.3) is 11.2 Å². The molecule has 36 heavy (non-hydrogen) atoms. The Hall–Kier alpha value is -3.08. The number of nitrogens with two attached hydrogens (primary N) is 1. The van der Waals surface area contributed by atoms with E-state index >= 15 is 0 Å². The van der Waals surface area contributed by atoms with Crippen LogP contribution in [-0.2, 0) is 32.2 Å². The molecule has 186 valence electrons. The lowest BCUT2D eigenvalue weighted by molar-refractivity contribution is -0.178. The van der Waals surface area contributed by atoms with Crippen molar-refractivity contribution in [1.82, 2.24) is 19.5 Å². The van der Waals surface area contributed by atoms with E-state index in [1.165, 1.54) is 0 Å². The molecule has 0 aliphatic carbocycles. The first-order chi connectivity index (χ1) is 17.6. The van der Waals surface area contributed by atoms with Crippen molar-refractivity contribution in [3.63, 3.8) is 0 Å². The van der Waals surface area contributed by atoms with Crippen molar-refractivity contribution in [2.24, 2.45) is 0 Å². The summed E-state index contributed by atoms with van der Waals surface area (Å²) in [4.78, 5) is 12.8. The number of fused-ring (bicyclic) bond motifs is 3. The van der Waals surface area contributed by atoms with Gasteiger partial charge in [0, 0.05) is 6.42 Å². The molecule has 10 heteroatoms. The molecule has 2 aliphatic rings. The second kappa shape index (κ2) is 9.76. The quantitative estimate of drug-likeness (QED) is 0.358. The Labute approximate surface area is 213 Å². The number of nitrogens with zero attached hydrogens (tertiary/aromatic N) is 4. The van der Waals surface area contributed by atoms with Crippen LogP contribution in [0.1, 0.15) is 23.8 Å². The maximum atomic E-state index is 6.75. The third kappa shape index (κ3) is 4.33. The van der Waals surface area contributed by atoms with Gasteiger partial charge in [0.2, 0.25) is 5.28 Å². The summed E-state index contributed by atoms with van der Waals surface area (Å²) in [5.74, 6) is 0.212. The summed E-state index contributed by atoms with van der Waals surface area (Å²) in [7, 11) is 0. The third-order valence-electron chi connectivity index (χ3n) is 6.71. The lowest BCUT2D eigenvalue weighted by Gasteiger charge is -2.38. The van der Waals surface area contributed by atoms with E-state index in [4.69, 9.17) is 36.3 Å². The van der Waals surface area contributed by atoms with Crippen molar-refractivity contribution < 1.29 is 18.9 Å². The van der Waals surface area contributed by atoms with E-state index in [-0.39, 0.29) is 17.2 Å². The first-order valence-corrected chi connectivity index (χ1v) is 12.2. The van der Waals surface area contributed by atoms with Crippen molar-refractivity contribution in [3.8, 4) is 0 Å². The lowest BCUT2D eigenvalue weighted by atomic mass is 9.90. The second-order valence-electron chi connectivity index (χ2n) is 9.06. The second-order valence-corrected chi connectivity index (χ2v) is 9.39. The SMILES string of the molecule is Nc1nc(Cl)nc2c1ncn2[C@@H]1O[C@]2(COCc3ccccc3)CCOC1C2OCc1ccccc1. The van der Waals surface area contributed by atoms with Crippen LogP contribution in [0.15, 0.2) is 67.0 Å². The van der Waals surface area contributed by atoms with Gasteiger partial charge in [0.1, 0.15) is 23.3 Å². The summed E-state index contributed by atoms with van der Waals surface area (Å²) < 4.78 is 27.5. The molecule has 4 aromatic rings. The van der Waals surface area contributed by atoms with Gasteiger partial charge in [-0.15, -0.1) is 0 Å². The van der Waals surface area contributed by atoms with Gasteiger partial charge in [0.05, 0.1) is 32.8 Å². The molecule has 0 spiro atoms. The topological polar surface area (TPSA) is 107 Å². The number of nitrogen functional groups attached to an aromatic ring is 1. The number of benzene rings is 2. The molecular weight excluding hydrogens is 482 g/mol. The highest BCUT2D eigenvalue weighted by Gasteiger charge is 2.60. The van der Waals surface area contributed by atoms with Crippen molar-refractivity contribution >= 4 is 28.6 Å². The summed E-state index contributed by atoms with van der Waals surface area (Å²) in [5, 5.41) is 0.0430. The van der Waals surface area contributed by atoms with Gasteiger partial charge in [-0.05, 0) is 22.7 Å². The fourth-order valence-electron chi connectivity index (χ4n) is 4.99. The van der Waals surface area contributed by atoms with Crippen molar-refractivity contribution in [1.29, 1.82) is 0 Å². The van der Waals surface area contributed by atoms with E-state index in [0.29, 0.717) is 44.0 Å². The van der Waals surface area contributed by atoms with E-state index < -0.39 is 17.9 Å². The highest BCUT2D eigenvalue weighted by molar-refractivity contribution is 6.28. The van der Waals surface area contributed by atoms with Gasteiger partial charge >= 0.3 is 0 Å². The average Bonchev–Trinajstić information content (AvgIpc) is 3.38. The monoisotopic (exact) mass is 507 g/mol. The fourth-order valence-corrected chi connectivity index (χ4v) is 5.16. The van der Waals surface area contributed by atoms with Crippen molar-refractivity contribution in [2.75, 3.05) is 18.9 Å². The third-order valence-corrected chi connectivity index (χ3v) is 6.88. The van der Waals surface area contributed by atoms with Gasteiger partial charge in [-0.2, -0.15) is 9.97 Å². The Morgan fingerprint density at radius 3 is 2.50 bits per heavy atom. The number of aromatic nitrogens is 4. The molecule has 0 radical (unpaired) electrons. The minimum Gasteiger partial charge on any atom is -0.382 e. The Morgan fingerprint density at radius 2 is 1.75 bits per heavy atom. The largest absolute Gasteiger partial charge is 0.382 e. The zero-order chi connectivity index (χ0) is 24.5. The summed E-state index contributed by atoms with van der Waals surface area (Å²) in [6.45, 7) is 1.77. The molecule has 2 aromatic carbocycles. The molecule has 2 fully saturated rings. The van der Waals surface area contributed by atoms with Gasteiger partial charge < -0.3 is 24.7 Å². The highest BCUT2D eigenvalue weighted by Crippen LogP contribution is 2.47. The van der Waals surface area contributed by atoms with Crippen LogP contribution in [0.3, 0.4) is 0 Å². The Balaban J connectivity index is 1.31. The molecule has 2 unspecified atom stereocenters. The van der Waals surface area contributed by atoms with Crippen LogP contribution in [0.4, 0.5) is 5.82 Å². The van der Waals surface area contributed by atoms with Crippen LogP contribution < -0.4 is 5.73 Å². The van der Waals surface area contributed by atoms with E-state index in [1.807, 2.05) is 60.7 Å². The predicted octanol–water partition coefficient (Wildman–Crippen LogP) is 3.92. The van der Waals surface area contributed by atoms with Crippen molar-refractivity contribution in [2.45, 2.75) is 43.7 Å². The molecule has 9 nitrogen and oxygen atoms in total. The molecule has 2 bridgehead atoms. The van der Waals surface area contributed by atoms with E-state index in [9.17, 15) is 0 Å². The minimum absolute atomic E-state index is 0.0430. The summed E-state index contributed by atoms with van der Waals surface area (Å²) in [5.41, 5.74) is 8.43. The average molecular weight is 508 g/mol. The van der Waals surface area contributed by atoms with Crippen molar-refractivity contribution in [3.05, 3.63) is 83.4 Å². The van der Waals surface area contributed by atoms with E-state index in [1.54, 1.807) is 10.9 Å². The molecule has 0 amide bonds. The molecular formula is C26H26ClN5O4. The Bertz CT molecular complexity index is 1340. The number of rotatable bonds is 8. The first kappa shape index (κ1) is 23.3. The number of hydrogen-bond acceptors (Lipinski definition) is 8. The summed E-state index contributed by atoms with van der Waals surface area (Å²) in [6.07, 6.45) is 0.921. The molecule has 2 aromatic heterocycles. The summed E-state index contributed by atoms with van der Waals surface area (Å²) in [6, 6.07) is 20.1. The zero-order valence-electron chi connectivity index (χ0n) is 19.5. The smallest absolute Gasteiger partial charge is 0.226 e. The molecule has 2 saturated heterocycles. The standard InChI is InChI=1S/C26H26ClN5O4/c27-25-30-22(28)19-23(31-25)32(16-29-19)24-20-21(35-14-18-9-5-2-6-10-18)26(36-24,11-12-34-20)15-33-13-17-7-3-1-4-8-17/h1-10,16,20-21,24H,11-15H2,(H2,28,30,31)/t20?,21?,24-,26+/m1/s1. The molecule has 6 rings (SSSR count). The Morgan fingerprint density at radius 1 is 1.03 bits per heavy atom. The van der Waals surface area contributed by atoms with Crippen LogP contribution in [0.2, 0.25) is 5.28 Å². The molecule has 0 saturated carbocycles. The number of hydrogen-bond donors (Lipinski definition) is 1. The normalized spacial score (nSPS) is 25.4. The molecule has 4 atom stereocenters. The van der Waals surface area contributed by atoms with Gasteiger partial charge in [-0.25, -0.2) is 4.98 Å². The molecule has 4 heterocycles. The highest BCUT2D eigenvalue weighted by atomic mass is 35.5. The van der Waals surface area contributed by atoms with Crippen LogP contribution in [0, 0.1) is 0 Å². The predicted molar refractivity (Wildman–Crippen MR) is 133 cm³/mol. The summed E-state index contributed by atoms with van der Waals surface area (Å²) >= 11 is 6.11. The number of ether oxygens (including phenoxy) is 4. The molecule has 2 N–H and O–H groups in total. The minimum atomic E-state index is -0.712. The maximum Gasteiger partial charge on any atom is 0.226 e. The number of anilines is 1.